The van der Waals surface area contributed by atoms with Crippen molar-refractivity contribution in [2.24, 2.45) is 0 Å². The summed E-state index contributed by atoms with van der Waals surface area (Å²) in [4.78, 5) is 3.58. The highest BCUT2D eigenvalue weighted by Gasteiger charge is 1.93. The van der Waals surface area contributed by atoms with E-state index in [0.29, 0.717) is 0 Å². The van der Waals surface area contributed by atoms with Gasteiger partial charge in [-0.25, -0.2) is 0 Å². The molecule has 2 nitrogen and oxygen atoms in total. The number of nitrogens with zero attached hydrogens (tertiary/aromatic N) is 1. The molecule has 0 aliphatic heterocycles. The topological polar surface area (TPSA) is 38.9 Å². The van der Waals surface area contributed by atoms with Crippen LogP contribution in [0.15, 0.2) is 12.4 Å². The zero-order chi connectivity index (χ0) is 11.9. The van der Waals surface area contributed by atoms with Crippen molar-refractivity contribution < 1.29 is 8.22 Å². The maximum absolute atomic E-state index is 7.14. The van der Waals surface area contributed by atoms with Gasteiger partial charge >= 0.3 is 0 Å². The van der Waals surface area contributed by atoms with Gasteiger partial charge < -0.3 is 5.73 Å². The Morgan fingerprint density at radius 2 is 2.00 bits per heavy atom. The Morgan fingerprint density at radius 1 is 1.44 bits per heavy atom. The predicted octanol–water partition coefficient (Wildman–Crippen LogP) is 1.28. The fourth-order valence-corrected chi connectivity index (χ4v) is 0.471. The lowest BCUT2D eigenvalue weighted by atomic mass is 10.2. The highest BCUT2D eigenvalue weighted by atomic mass is 14.7. The van der Waals surface area contributed by atoms with Crippen LogP contribution in [-0.4, -0.2) is 4.98 Å². The van der Waals surface area contributed by atoms with Crippen molar-refractivity contribution >= 4 is 5.69 Å². The van der Waals surface area contributed by atoms with Crippen LogP contribution < -0.4 is 5.73 Å². The molecular formula is C7H10N2. The van der Waals surface area contributed by atoms with E-state index in [0.717, 1.165) is 12.4 Å². The number of pyridine rings is 1. The third-order valence-electron chi connectivity index (χ3n) is 0.988. The van der Waals surface area contributed by atoms with Gasteiger partial charge in [0.15, 0.2) is 0 Å². The van der Waals surface area contributed by atoms with Crippen LogP contribution in [0.25, 0.3) is 0 Å². The lowest BCUT2D eigenvalue weighted by molar-refractivity contribution is 1.23. The van der Waals surface area contributed by atoms with Crippen molar-refractivity contribution in [2.75, 3.05) is 5.73 Å². The van der Waals surface area contributed by atoms with Crippen LogP contribution in [-0.2, 0) is 0 Å². The molecule has 1 rings (SSSR count). The quantitative estimate of drug-likeness (QED) is 0.571. The van der Waals surface area contributed by atoms with E-state index in [2.05, 4.69) is 4.98 Å². The lowest BCUT2D eigenvalue weighted by Crippen LogP contribution is -1.93. The summed E-state index contributed by atoms with van der Waals surface area (Å²) in [6.45, 7) is -4.89. The molecule has 0 amide bonds. The van der Waals surface area contributed by atoms with Gasteiger partial charge in [-0.3, -0.25) is 4.98 Å². The van der Waals surface area contributed by atoms with E-state index in [4.69, 9.17) is 14.0 Å². The molecule has 1 aromatic heterocycles. The van der Waals surface area contributed by atoms with Crippen molar-refractivity contribution in [2.45, 2.75) is 13.7 Å². The number of nitrogens with two attached hydrogens (primary N) is 1. The number of rotatable bonds is 0. The lowest BCUT2D eigenvalue weighted by Gasteiger charge is -1.99. The summed E-state index contributed by atoms with van der Waals surface area (Å²) < 4.78 is 42.9. The van der Waals surface area contributed by atoms with Crippen LogP contribution >= 0.6 is 0 Å². The second kappa shape index (κ2) is 2.05. The Kier molecular flexibility index (Phi) is 0.450. The first-order chi connectivity index (χ1) is 6.64. The van der Waals surface area contributed by atoms with Crippen molar-refractivity contribution in [1.29, 1.82) is 0 Å². The van der Waals surface area contributed by atoms with Gasteiger partial charge in [0.05, 0.1) is 0 Å². The summed E-state index contributed by atoms with van der Waals surface area (Å²) >= 11 is 0. The van der Waals surface area contributed by atoms with E-state index in [-0.39, 0.29) is 16.8 Å². The molecule has 0 spiro atoms. The normalized spacial score (nSPS) is 22.2. The van der Waals surface area contributed by atoms with Crippen LogP contribution in [0, 0.1) is 13.7 Å². The van der Waals surface area contributed by atoms with Gasteiger partial charge in [-0.2, -0.15) is 0 Å². The van der Waals surface area contributed by atoms with Gasteiger partial charge in [0.1, 0.15) is 0 Å². The first-order valence-electron chi connectivity index (χ1n) is 5.38. The average Bonchev–Trinajstić information content (AvgIpc) is 1.99. The fraction of sp³-hybridized carbons (Fsp3) is 0.286. The summed E-state index contributed by atoms with van der Waals surface area (Å²) in [6.07, 6.45) is 2.13. The fourth-order valence-electron chi connectivity index (χ4n) is 0.471. The molecule has 0 aromatic carbocycles. The highest BCUT2D eigenvalue weighted by Crippen LogP contribution is 2.11. The highest BCUT2D eigenvalue weighted by molar-refractivity contribution is 5.50. The molecule has 9 heavy (non-hydrogen) atoms. The number of aryl methyl sites for hydroxylation is 2. The number of aromatic nitrogens is 1. The molecule has 48 valence electrons. The average molecular weight is 128 g/mol. The minimum absolute atomic E-state index is 0.226. The molecule has 0 fully saturated rings. The molecule has 0 aliphatic carbocycles. The van der Waals surface area contributed by atoms with E-state index in [1.165, 1.54) is 0 Å². The van der Waals surface area contributed by atoms with Crippen LogP contribution in [0.2, 0.25) is 0 Å². The van der Waals surface area contributed by atoms with E-state index < -0.39 is 13.7 Å². The summed E-state index contributed by atoms with van der Waals surface area (Å²) in [5, 5.41) is 0. The third kappa shape index (κ3) is 1.02. The summed E-state index contributed by atoms with van der Waals surface area (Å²) in [5.74, 6) is 0. The largest absolute Gasteiger partial charge is 0.398 e. The molecule has 0 aliphatic rings. The van der Waals surface area contributed by atoms with Gasteiger partial charge in [-0.15, -0.1) is 0 Å². The number of anilines is 1. The van der Waals surface area contributed by atoms with E-state index in [1.54, 1.807) is 0 Å². The van der Waals surface area contributed by atoms with E-state index in [1.807, 2.05) is 0 Å². The first kappa shape index (κ1) is 1.97. The Labute approximate surface area is 63.2 Å². The molecule has 0 saturated heterocycles. The maximum atomic E-state index is 7.14. The Bertz CT molecular complexity index is 334. The summed E-state index contributed by atoms with van der Waals surface area (Å²) in [5.41, 5.74) is 4.81. The van der Waals surface area contributed by atoms with Crippen LogP contribution in [0.5, 0.6) is 0 Å². The van der Waals surface area contributed by atoms with Crippen molar-refractivity contribution in [3.05, 3.63) is 23.5 Å². The molecule has 2 N–H and O–H groups in total. The van der Waals surface area contributed by atoms with Gasteiger partial charge in [0.2, 0.25) is 0 Å². The molecule has 0 atom stereocenters. The Morgan fingerprint density at radius 3 is 2.44 bits per heavy atom. The zero-order valence-corrected chi connectivity index (χ0v) is 4.68. The first-order valence-corrected chi connectivity index (χ1v) is 2.38. The predicted molar refractivity (Wildman–Crippen MR) is 38.1 cm³/mol. The van der Waals surface area contributed by atoms with Crippen LogP contribution in [0.1, 0.15) is 19.4 Å². The number of hydrogen-bond donors (Lipinski definition) is 1. The van der Waals surface area contributed by atoms with Crippen molar-refractivity contribution in [1.82, 2.24) is 4.98 Å². The molecule has 2 heteroatoms. The molecule has 1 heterocycles. The zero-order valence-electron chi connectivity index (χ0n) is 10.7. The molecule has 1 aromatic rings. The number of nitrogen functional groups attached to an aromatic ring is 1. The summed E-state index contributed by atoms with van der Waals surface area (Å²) in [7, 11) is 0. The monoisotopic (exact) mass is 128 g/mol. The van der Waals surface area contributed by atoms with Crippen LogP contribution in [0.3, 0.4) is 0 Å². The molecular weight excluding hydrogens is 112 g/mol. The summed E-state index contributed by atoms with van der Waals surface area (Å²) in [6, 6.07) is 0. The molecule has 0 bridgehead atoms. The second-order valence-electron chi connectivity index (χ2n) is 1.65. The van der Waals surface area contributed by atoms with Gasteiger partial charge in [-0.1, -0.05) is 0 Å². The maximum Gasteiger partial charge on any atom is 0.0404 e. The standard InChI is InChI=1S/C7H10N2/c1-5-3-9-4-6(2)7(5)8/h3-4H,1-2H3,(H2,8,9)/i1D3,2D3. The number of hydrogen-bond acceptors (Lipinski definition) is 2. The Hall–Kier alpha value is -1.05. The minimum Gasteiger partial charge on any atom is -0.398 e. The van der Waals surface area contributed by atoms with Crippen molar-refractivity contribution in [3.8, 4) is 0 Å². The van der Waals surface area contributed by atoms with Gasteiger partial charge in [0, 0.05) is 26.3 Å². The molecule has 0 saturated carbocycles. The van der Waals surface area contributed by atoms with E-state index >= 15 is 0 Å². The van der Waals surface area contributed by atoms with Gasteiger partial charge in [-0.05, 0) is 24.8 Å². The Balaban J connectivity index is 3.37. The smallest absolute Gasteiger partial charge is 0.0404 e. The van der Waals surface area contributed by atoms with Crippen LogP contribution in [0.4, 0.5) is 5.69 Å². The third-order valence-corrected chi connectivity index (χ3v) is 0.988. The second-order valence-corrected chi connectivity index (χ2v) is 1.65. The molecule has 0 radical (unpaired) electrons. The minimum atomic E-state index is -2.45. The van der Waals surface area contributed by atoms with E-state index in [9.17, 15) is 0 Å². The molecule has 0 unspecified atom stereocenters. The SMILES string of the molecule is [2H]C([2H])([2H])c1cncc(C([2H])([2H])[2H])c1N. The van der Waals surface area contributed by atoms with Gasteiger partial charge in [0.25, 0.3) is 0 Å². The van der Waals surface area contributed by atoms with Crippen molar-refractivity contribution in [3.63, 3.8) is 0 Å².